The molecule has 5 heteroatoms. The predicted octanol–water partition coefficient (Wildman–Crippen LogP) is 4.37. The minimum Gasteiger partial charge on any atom is -0.326 e. The molecule has 0 aliphatic heterocycles. The van der Waals surface area contributed by atoms with Gasteiger partial charge in [-0.05, 0) is 56.7 Å². The van der Waals surface area contributed by atoms with E-state index in [1.165, 1.54) is 6.92 Å². The fourth-order valence-corrected chi connectivity index (χ4v) is 2.95. The molecule has 0 aliphatic carbocycles. The van der Waals surface area contributed by atoms with E-state index in [-0.39, 0.29) is 11.8 Å². The molecule has 0 aliphatic rings. The Hall–Kier alpha value is -3.21. The van der Waals surface area contributed by atoms with E-state index in [9.17, 15) is 9.59 Å². The summed E-state index contributed by atoms with van der Waals surface area (Å²) in [5.41, 5.74) is 5.39. The number of nitrogens with one attached hydrogen (secondary N) is 2. The van der Waals surface area contributed by atoms with Crippen molar-refractivity contribution in [1.82, 2.24) is 4.98 Å². The molecule has 3 rings (SSSR count). The molecule has 0 saturated heterocycles. The van der Waals surface area contributed by atoms with E-state index in [4.69, 9.17) is 0 Å². The Morgan fingerprint density at radius 3 is 2.31 bits per heavy atom. The Morgan fingerprint density at radius 2 is 1.62 bits per heavy atom. The van der Waals surface area contributed by atoms with Crippen molar-refractivity contribution in [2.45, 2.75) is 27.7 Å². The monoisotopic (exact) mass is 347 g/mol. The zero-order valence-corrected chi connectivity index (χ0v) is 15.3. The maximum absolute atomic E-state index is 13.0. The number of carbonyl (C=O) groups excluding carboxylic acids is 2. The molecule has 0 fully saturated rings. The van der Waals surface area contributed by atoms with Crippen molar-refractivity contribution in [3.05, 3.63) is 64.8 Å². The van der Waals surface area contributed by atoms with Gasteiger partial charge >= 0.3 is 0 Å². The summed E-state index contributed by atoms with van der Waals surface area (Å²) < 4.78 is 0. The van der Waals surface area contributed by atoms with Gasteiger partial charge < -0.3 is 10.6 Å². The number of pyridine rings is 1. The molecule has 2 aromatic carbocycles. The first kappa shape index (κ1) is 17.6. The van der Waals surface area contributed by atoms with Gasteiger partial charge in [0.2, 0.25) is 5.91 Å². The van der Waals surface area contributed by atoms with Crippen molar-refractivity contribution in [2.24, 2.45) is 0 Å². The molecular formula is C21H21N3O2. The second-order valence-corrected chi connectivity index (χ2v) is 6.45. The van der Waals surface area contributed by atoms with Gasteiger partial charge in [0.25, 0.3) is 5.91 Å². The molecule has 0 unspecified atom stereocenters. The van der Waals surface area contributed by atoms with E-state index in [0.29, 0.717) is 16.9 Å². The molecular weight excluding hydrogens is 326 g/mol. The molecule has 3 aromatic rings. The third kappa shape index (κ3) is 3.57. The molecule has 0 atom stereocenters. The van der Waals surface area contributed by atoms with Crippen LogP contribution in [0.1, 0.15) is 34.1 Å². The van der Waals surface area contributed by atoms with Gasteiger partial charge in [0.1, 0.15) is 0 Å². The van der Waals surface area contributed by atoms with Gasteiger partial charge in [0, 0.05) is 29.4 Å². The first-order valence-corrected chi connectivity index (χ1v) is 8.41. The van der Waals surface area contributed by atoms with E-state index < -0.39 is 0 Å². The number of fused-ring (bicyclic) bond motifs is 1. The number of aromatic nitrogens is 1. The van der Waals surface area contributed by atoms with Crippen LogP contribution in [0.2, 0.25) is 0 Å². The number of amides is 2. The van der Waals surface area contributed by atoms with Crippen molar-refractivity contribution in [2.75, 3.05) is 10.6 Å². The normalized spacial score (nSPS) is 10.6. The zero-order valence-electron chi connectivity index (χ0n) is 15.3. The van der Waals surface area contributed by atoms with Gasteiger partial charge in [-0.3, -0.25) is 14.6 Å². The van der Waals surface area contributed by atoms with Crippen LogP contribution < -0.4 is 10.6 Å². The Kier molecular flexibility index (Phi) is 4.71. The van der Waals surface area contributed by atoms with Gasteiger partial charge in [-0.15, -0.1) is 0 Å². The van der Waals surface area contributed by atoms with Crippen LogP contribution in [-0.4, -0.2) is 16.8 Å². The number of anilines is 2. The molecule has 1 heterocycles. The largest absolute Gasteiger partial charge is 0.326 e. The average Bonchev–Trinajstić information content (AvgIpc) is 2.57. The maximum atomic E-state index is 13.0. The van der Waals surface area contributed by atoms with Crippen LogP contribution in [0.25, 0.3) is 10.9 Å². The molecule has 0 saturated carbocycles. The van der Waals surface area contributed by atoms with Crippen molar-refractivity contribution in [3.63, 3.8) is 0 Å². The fraction of sp³-hybridized carbons (Fsp3) is 0.190. The molecule has 0 radical (unpaired) electrons. The summed E-state index contributed by atoms with van der Waals surface area (Å²) in [6.07, 6.45) is 0. The summed E-state index contributed by atoms with van der Waals surface area (Å²) in [4.78, 5) is 28.8. The minimum atomic E-state index is -0.200. The van der Waals surface area contributed by atoms with Crippen molar-refractivity contribution < 1.29 is 9.59 Å². The van der Waals surface area contributed by atoms with Gasteiger partial charge in [-0.1, -0.05) is 17.7 Å². The molecule has 26 heavy (non-hydrogen) atoms. The quantitative estimate of drug-likeness (QED) is 0.739. The number of hydrogen-bond acceptors (Lipinski definition) is 3. The van der Waals surface area contributed by atoms with Crippen molar-refractivity contribution in [1.29, 1.82) is 0 Å². The molecule has 5 nitrogen and oxygen atoms in total. The van der Waals surface area contributed by atoms with E-state index in [1.54, 1.807) is 12.1 Å². The lowest BCUT2D eigenvalue weighted by molar-refractivity contribution is -0.114. The van der Waals surface area contributed by atoms with E-state index >= 15 is 0 Å². The molecule has 0 bridgehead atoms. The summed E-state index contributed by atoms with van der Waals surface area (Å²) in [5, 5.41) is 6.56. The zero-order chi connectivity index (χ0) is 18.8. The van der Waals surface area contributed by atoms with Gasteiger partial charge in [0.05, 0.1) is 11.1 Å². The molecule has 132 valence electrons. The first-order chi connectivity index (χ1) is 12.3. The van der Waals surface area contributed by atoms with Crippen LogP contribution in [0.15, 0.2) is 42.5 Å². The molecule has 2 amide bonds. The highest BCUT2D eigenvalue weighted by atomic mass is 16.2. The molecule has 2 N–H and O–H groups in total. The van der Waals surface area contributed by atoms with E-state index in [2.05, 4.69) is 15.6 Å². The highest BCUT2D eigenvalue weighted by molar-refractivity contribution is 6.13. The standard InChI is InChI=1S/C21H21N3O2/c1-12-8-9-20-16(10-12)17(11-13(2)22-20)21(26)24-19-7-5-6-18(14(19)3)23-15(4)25/h5-11H,1-4H3,(H,23,25)(H,24,26). The van der Waals surface area contributed by atoms with Crippen LogP contribution in [0, 0.1) is 20.8 Å². The van der Waals surface area contributed by atoms with Crippen LogP contribution in [0.5, 0.6) is 0 Å². The Morgan fingerprint density at radius 1 is 0.923 bits per heavy atom. The summed E-state index contributed by atoms with van der Waals surface area (Å²) in [7, 11) is 0. The number of carbonyl (C=O) groups is 2. The summed E-state index contributed by atoms with van der Waals surface area (Å²) in [6.45, 7) is 7.18. The Bertz CT molecular complexity index is 1030. The van der Waals surface area contributed by atoms with Crippen molar-refractivity contribution in [3.8, 4) is 0 Å². The third-order valence-electron chi connectivity index (χ3n) is 4.23. The average molecular weight is 347 g/mol. The van der Waals surface area contributed by atoms with Gasteiger partial charge in [-0.25, -0.2) is 0 Å². The second kappa shape index (κ2) is 6.96. The number of benzene rings is 2. The number of nitrogens with zero attached hydrogens (tertiary/aromatic N) is 1. The lowest BCUT2D eigenvalue weighted by Gasteiger charge is -2.14. The summed E-state index contributed by atoms with van der Waals surface area (Å²) in [5.74, 6) is -0.350. The number of hydrogen-bond donors (Lipinski definition) is 2. The molecule has 0 spiro atoms. The summed E-state index contributed by atoms with van der Waals surface area (Å²) in [6, 6.07) is 13.1. The maximum Gasteiger partial charge on any atom is 0.256 e. The van der Waals surface area contributed by atoms with E-state index in [1.807, 2.05) is 51.1 Å². The second-order valence-electron chi connectivity index (χ2n) is 6.45. The lowest BCUT2D eigenvalue weighted by Crippen LogP contribution is -2.15. The lowest BCUT2D eigenvalue weighted by atomic mass is 10.0. The SMILES string of the molecule is CC(=O)Nc1cccc(NC(=O)c2cc(C)nc3ccc(C)cc23)c1C. The fourth-order valence-electron chi connectivity index (χ4n) is 2.95. The van der Waals surface area contributed by atoms with Gasteiger partial charge in [0.15, 0.2) is 0 Å². The van der Waals surface area contributed by atoms with E-state index in [0.717, 1.165) is 27.7 Å². The third-order valence-corrected chi connectivity index (χ3v) is 4.23. The van der Waals surface area contributed by atoms with Gasteiger partial charge in [-0.2, -0.15) is 0 Å². The highest BCUT2D eigenvalue weighted by Crippen LogP contribution is 2.26. The number of rotatable bonds is 3. The Balaban J connectivity index is 2.00. The molecule has 1 aromatic heterocycles. The van der Waals surface area contributed by atoms with Crippen LogP contribution in [0.4, 0.5) is 11.4 Å². The topological polar surface area (TPSA) is 71.1 Å². The predicted molar refractivity (Wildman–Crippen MR) is 105 cm³/mol. The highest BCUT2D eigenvalue weighted by Gasteiger charge is 2.14. The van der Waals surface area contributed by atoms with Crippen molar-refractivity contribution >= 4 is 34.1 Å². The number of aryl methyl sites for hydroxylation is 2. The van der Waals surface area contributed by atoms with Crippen LogP contribution >= 0.6 is 0 Å². The minimum absolute atomic E-state index is 0.150. The Labute approximate surface area is 152 Å². The summed E-state index contributed by atoms with van der Waals surface area (Å²) >= 11 is 0. The van der Waals surface area contributed by atoms with Crippen LogP contribution in [-0.2, 0) is 4.79 Å². The van der Waals surface area contributed by atoms with Crippen LogP contribution in [0.3, 0.4) is 0 Å². The smallest absolute Gasteiger partial charge is 0.256 e. The first-order valence-electron chi connectivity index (χ1n) is 8.41.